The Morgan fingerprint density at radius 2 is 1.73 bits per heavy atom. The van der Waals surface area contributed by atoms with E-state index in [1.54, 1.807) is 20.8 Å². The molecule has 1 aromatic rings. The number of nitrogens with one attached hydrogen (secondary N) is 3. The van der Waals surface area contributed by atoms with E-state index in [4.69, 9.17) is 15.6 Å². The molecule has 0 fully saturated rings. The third kappa shape index (κ3) is 8.29. The Morgan fingerprint density at radius 3 is 2.20 bits per heavy atom. The van der Waals surface area contributed by atoms with Crippen molar-refractivity contribution in [2.75, 3.05) is 11.9 Å². The first-order valence-corrected chi connectivity index (χ1v) is 8.86. The monoisotopic (exact) mass is 430 g/mol. The van der Waals surface area contributed by atoms with Gasteiger partial charge in [0, 0.05) is 6.54 Å². The number of carbonyl (C=O) groups excluding carboxylic acids is 3. The van der Waals surface area contributed by atoms with Crippen LogP contribution in [0.5, 0.6) is 0 Å². The number of primary amides is 1. The lowest BCUT2D eigenvalue weighted by Crippen LogP contribution is -2.46. The van der Waals surface area contributed by atoms with Gasteiger partial charge in [-0.25, -0.2) is 23.2 Å². The molecular formula is C18H24F2N4O6. The first-order valence-electron chi connectivity index (χ1n) is 8.86. The topological polar surface area (TPSA) is 160 Å². The highest BCUT2D eigenvalue weighted by Gasteiger charge is 2.26. The zero-order valence-electron chi connectivity index (χ0n) is 16.7. The van der Waals surface area contributed by atoms with Gasteiger partial charge < -0.3 is 31.5 Å². The number of benzene rings is 1. The van der Waals surface area contributed by atoms with Crippen LogP contribution in [0.25, 0.3) is 0 Å². The molecule has 0 saturated heterocycles. The Kier molecular flexibility index (Phi) is 8.50. The van der Waals surface area contributed by atoms with Gasteiger partial charge in [0.25, 0.3) is 0 Å². The van der Waals surface area contributed by atoms with E-state index in [1.807, 2.05) is 5.32 Å². The Labute approximate surface area is 171 Å². The van der Waals surface area contributed by atoms with Gasteiger partial charge in [0.05, 0.1) is 5.56 Å². The van der Waals surface area contributed by atoms with Gasteiger partial charge in [0.1, 0.15) is 17.3 Å². The van der Waals surface area contributed by atoms with E-state index in [0.717, 1.165) is 0 Å². The second-order valence-electron chi connectivity index (χ2n) is 7.24. The molecular weight excluding hydrogens is 406 g/mol. The lowest BCUT2D eigenvalue weighted by Gasteiger charge is -2.23. The van der Waals surface area contributed by atoms with Crippen molar-refractivity contribution in [3.63, 3.8) is 0 Å². The minimum Gasteiger partial charge on any atom is -0.478 e. The van der Waals surface area contributed by atoms with Gasteiger partial charge in [-0.3, -0.25) is 4.79 Å². The third-order valence-corrected chi connectivity index (χ3v) is 3.51. The molecule has 1 rings (SSSR count). The average molecular weight is 430 g/mol. The van der Waals surface area contributed by atoms with Crippen LogP contribution in [0.1, 0.15) is 44.0 Å². The van der Waals surface area contributed by atoms with Crippen LogP contribution in [0.15, 0.2) is 12.1 Å². The molecule has 0 heterocycles. The van der Waals surface area contributed by atoms with E-state index >= 15 is 0 Å². The van der Waals surface area contributed by atoms with Crippen LogP contribution in [0.3, 0.4) is 0 Å². The van der Waals surface area contributed by atoms with Crippen molar-refractivity contribution in [3.05, 3.63) is 29.3 Å². The summed E-state index contributed by atoms with van der Waals surface area (Å²) < 4.78 is 33.2. The molecule has 0 aromatic heterocycles. The number of alkyl carbamates (subject to hydrolysis) is 1. The number of carboxylic acid groups (broad SMARTS) is 1. The van der Waals surface area contributed by atoms with Crippen molar-refractivity contribution in [2.24, 2.45) is 5.73 Å². The fourth-order valence-electron chi connectivity index (χ4n) is 2.26. The zero-order chi connectivity index (χ0) is 23.1. The molecule has 1 unspecified atom stereocenters. The van der Waals surface area contributed by atoms with Gasteiger partial charge in [-0.2, -0.15) is 0 Å². The van der Waals surface area contributed by atoms with Gasteiger partial charge in [0.2, 0.25) is 5.91 Å². The second kappa shape index (κ2) is 10.4. The second-order valence-corrected chi connectivity index (χ2v) is 7.24. The number of hydrogen-bond donors (Lipinski definition) is 5. The molecule has 0 bridgehead atoms. The number of rotatable bonds is 8. The largest absolute Gasteiger partial charge is 0.478 e. The summed E-state index contributed by atoms with van der Waals surface area (Å²) in [5, 5.41) is 15.4. The van der Waals surface area contributed by atoms with Crippen molar-refractivity contribution >= 4 is 29.7 Å². The Hall–Kier alpha value is -3.44. The molecule has 0 aliphatic carbocycles. The summed E-state index contributed by atoms with van der Waals surface area (Å²) in [5.41, 5.74) is 2.59. The fourth-order valence-corrected chi connectivity index (χ4v) is 2.26. The molecule has 166 valence electrons. The predicted octanol–water partition coefficient (Wildman–Crippen LogP) is 1.94. The number of hydrogen-bond acceptors (Lipinski definition) is 5. The number of carbonyl (C=O) groups is 4. The summed E-state index contributed by atoms with van der Waals surface area (Å²) in [6, 6.07) is -0.950. The van der Waals surface area contributed by atoms with E-state index in [1.165, 1.54) is 0 Å². The maximum atomic E-state index is 14.1. The smallest absolute Gasteiger partial charge is 0.408 e. The normalized spacial score (nSPS) is 11.9. The molecule has 0 aliphatic rings. The van der Waals surface area contributed by atoms with Gasteiger partial charge in [-0.15, -0.1) is 0 Å². The van der Waals surface area contributed by atoms with Crippen LogP contribution in [0.4, 0.5) is 24.1 Å². The van der Waals surface area contributed by atoms with E-state index in [9.17, 15) is 28.0 Å². The van der Waals surface area contributed by atoms with Crippen LogP contribution in [0, 0.1) is 11.6 Å². The summed E-state index contributed by atoms with van der Waals surface area (Å²) in [5.74, 6) is -5.11. The highest BCUT2D eigenvalue weighted by atomic mass is 19.1. The van der Waals surface area contributed by atoms with Gasteiger partial charge in [-0.1, -0.05) is 0 Å². The minimum atomic E-state index is -1.54. The molecule has 0 spiro atoms. The highest BCUT2D eigenvalue weighted by Crippen LogP contribution is 2.21. The Morgan fingerprint density at radius 1 is 1.17 bits per heavy atom. The summed E-state index contributed by atoms with van der Waals surface area (Å²) in [4.78, 5) is 46.1. The van der Waals surface area contributed by atoms with Crippen LogP contribution < -0.4 is 21.7 Å². The molecule has 6 N–H and O–H groups in total. The summed E-state index contributed by atoms with van der Waals surface area (Å²) in [7, 11) is 0. The molecule has 0 saturated carbocycles. The van der Waals surface area contributed by atoms with Crippen LogP contribution >= 0.6 is 0 Å². The molecule has 0 radical (unpaired) electrons. The number of ether oxygens (including phenoxy) is 1. The van der Waals surface area contributed by atoms with E-state index in [2.05, 4.69) is 10.6 Å². The average Bonchev–Trinajstić information content (AvgIpc) is 2.58. The first kappa shape index (κ1) is 24.6. The van der Waals surface area contributed by atoms with Gasteiger partial charge >= 0.3 is 18.1 Å². The molecule has 10 nitrogen and oxygen atoms in total. The third-order valence-electron chi connectivity index (χ3n) is 3.51. The van der Waals surface area contributed by atoms with Crippen molar-refractivity contribution in [1.82, 2.24) is 10.6 Å². The number of urea groups is 1. The molecule has 1 atom stereocenters. The number of anilines is 1. The molecule has 30 heavy (non-hydrogen) atoms. The molecule has 12 heteroatoms. The number of nitrogens with two attached hydrogens (primary N) is 1. The minimum absolute atomic E-state index is 0.0260. The summed E-state index contributed by atoms with van der Waals surface area (Å²) in [6.45, 7) is 4.90. The molecule has 4 amide bonds. The molecule has 0 aliphatic heterocycles. The standard InChI is InChI=1S/C18H24F2N4O6/c1-18(2,3)30-17(29)23-12(5-4-6-22-16(21)28)14(25)24-13-10(19)7-9(15(26)27)8-11(13)20/h7-8,12H,4-6H2,1-3H3,(H,23,29)(H,24,25)(H,26,27)(H3,21,22,28). The Bertz CT molecular complexity index is 802. The van der Waals surface area contributed by atoms with Crippen LogP contribution in [-0.4, -0.2) is 47.3 Å². The van der Waals surface area contributed by atoms with E-state index in [-0.39, 0.29) is 19.4 Å². The van der Waals surface area contributed by atoms with Gasteiger partial charge in [-0.05, 0) is 45.7 Å². The van der Waals surface area contributed by atoms with Crippen molar-refractivity contribution in [1.29, 1.82) is 0 Å². The number of amides is 4. The van der Waals surface area contributed by atoms with Crippen LogP contribution in [-0.2, 0) is 9.53 Å². The lowest BCUT2D eigenvalue weighted by molar-refractivity contribution is -0.118. The van der Waals surface area contributed by atoms with E-state index < -0.39 is 58.5 Å². The van der Waals surface area contributed by atoms with E-state index in [0.29, 0.717) is 12.1 Å². The number of aromatic carboxylic acids is 1. The summed E-state index contributed by atoms with van der Waals surface area (Å²) >= 11 is 0. The van der Waals surface area contributed by atoms with Gasteiger partial charge in [0.15, 0.2) is 11.6 Å². The highest BCUT2D eigenvalue weighted by molar-refractivity contribution is 5.97. The Balaban J connectivity index is 2.96. The maximum absolute atomic E-state index is 14.1. The van der Waals surface area contributed by atoms with Crippen LogP contribution in [0.2, 0.25) is 0 Å². The lowest BCUT2D eigenvalue weighted by atomic mass is 10.1. The summed E-state index contributed by atoms with van der Waals surface area (Å²) in [6.07, 6.45) is -0.769. The zero-order valence-corrected chi connectivity index (χ0v) is 16.7. The van der Waals surface area contributed by atoms with Crippen molar-refractivity contribution < 1.29 is 37.8 Å². The molecule has 1 aromatic carbocycles. The first-order chi connectivity index (χ1) is 13.8. The maximum Gasteiger partial charge on any atom is 0.408 e. The predicted molar refractivity (Wildman–Crippen MR) is 102 cm³/mol. The fraction of sp³-hybridized carbons (Fsp3) is 0.444. The number of halogens is 2. The van der Waals surface area contributed by atoms with Crippen molar-refractivity contribution in [3.8, 4) is 0 Å². The SMILES string of the molecule is CC(C)(C)OC(=O)NC(CCCNC(N)=O)C(=O)Nc1c(F)cc(C(=O)O)cc1F. The number of carboxylic acids is 1. The van der Waals surface area contributed by atoms with Crippen molar-refractivity contribution in [2.45, 2.75) is 45.3 Å². The quantitative estimate of drug-likeness (QED) is 0.396.